The highest BCUT2D eigenvalue weighted by Crippen LogP contribution is 2.37. The highest BCUT2D eigenvalue weighted by molar-refractivity contribution is 6.31. The van der Waals surface area contributed by atoms with E-state index in [0.29, 0.717) is 34.7 Å². The number of carbonyl (C=O) groups is 2. The molecule has 0 radical (unpaired) electrons. The zero-order chi connectivity index (χ0) is 19.0. The topological polar surface area (TPSA) is 68.4 Å². The smallest absolute Gasteiger partial charge is 0.355 e. The van der Waals surface area contributed by atoms with E-state index < -0.39 is 5.97 Å². The minimum absolute atomic E-state index is 0.00695. The molecule has 1 aliphatic carbocycles. The fourth-order valence-corrected chi connectivity index (χ4v) is 4.37. The highest BCUT2D eigenvalue weighted by Gasteiger charge is 2.33. The third-order valence-electron chi connectivity index (χ3n) is 5.46. The minimum Gasteiger partial charge on any atom is -0.458 e. The Balaban J connectivity index is 1.55. The van der Waals surface area contributed by atoms with Crippen LogP contribution in [-0.2, 0) is 15.9 Å². The van der Waals surface area contributed by atoms with Gasteiger partial charge in [0.1, 0.15) is 12.3 Å². The van der Waals surface area contributed by atoms with E-state index >= 15 is 0 Å². The number of hydrogen-bond donors (Lipinski definition) is 1. The lowest BCUT2D eigenvalue weighted by molar-refractivity contribution is 0.0156. The first-order valence-electron chi connectivity index (χ1n) is 9.32. The van der Waals surface area contributed by atoms with Gasteiger partial charge in [-0.05, 0) is 49.3 Å². The van der Waals surface area contributed by atoms with Gasteiger partial charge in [0.05, 0.1) is 6.10 Å². The number of aromatic amines is 1. The Labute approximate surface area is 163 Å². The standard InChI is InChI=1S/C21H22ClNO4/c1-12-19-17(23-20(12)21(25)27-11-14-5-4-8-26-14)9-13(10-18(19)24)15-6-2-3-7-16(15)22/h2-3,6-7,13-14,23H,4-5,8-11H2,1H3/t13-,14-/m1/s1. The minimum atomic E-state index is -0.431. The number of hydrogen-bond acceptors (Lipinski definition) is 4. The first kappa shape index (κ1) is 18.3. The number of esters is 1. The van der Waals surface area contributed by atoms with Gasteiger partial charge in [0.25, 0.3) is 0 Å². The molecule has 1 aromatic carbocycles. The lowest BCUT2D eigenvalue weighted by Crippen LogP contribution is -2.19. The van der Waals surface area contributed by atoms with Gasteiger partial charge in [-0.3, -0.25) is 4.79 Å². The molecule has 1 aromatic heterocycles. The van der Waals surface area contributed by atoms with Gasteiger partial charge in [-0.15, -0.1) is 0 Å². The summed E-state index contributed by atoms with van der Waals surface area (Å²) in [5.41, 5.74) is 3.42. The summed E-state index contributed by atoms with van der Waals surface area (Å²) in [6, 6.07) is 7.60. The van der Waals surface area contributed by atoms with E-state index in [4.69, 9.17) is 21.1 Å². The predicted molar refractivity (Wildman–Crippen MR) is 102 cm³/mol. The molecular formula is C21H22ClNO4. The number of ketones is 1. The van der Waals surface area contributed by atoms with E-state index in [1.54, 1.807) is 6.92 Å². The van der Waals surface area contributed by atoms with Crippen molar-refractivity contribution in [3.63, 3.8) is 0 Å². The molecule has 0 unspecified atom stereocenters. The van der Waals surface area contributed by atoms with Gasteiger partial charge in [0, 0.05) is 29.3 Å². The molecule has 6 heteroatoms. The Morgan fingerprint density at radius 2 is 2.15 bits per heavy atom. The van der Waals surface area contributed by atoms with Crippen LogP contribution in [0.3, 0.4) is 0 Å². The van der Waals surface area contributed by atoms with E-state index in [1.807, 2.05) is 24.3 Å². The van der Waals surface area contributed by atoms with Crippen LogP contribution in [0.15, 0.2) is 24.3 Å². The van der Waals surface area contributed by atoms with Crippen molar-refractivity contribution in [2.24, 2.45) is 0 Å². The van der Waals surface area contributed by atoms with Crippen LogP contribution in [0.25, 0.3) is 0 Å². The molecule has 1 aliphatic heterocycles. The van der Waals surface area contributed by atoms with Gasteiger partial charge >= 0.3 is 5.97 Å². The van der Waals surface area contributed by atoms with Crippen molar-refractivity contribution in [1.82, 2.24) is 4.98 Å². The second-order valence-electron chi connectivity index (χ2n) is 7.26. The summed E-state index contributed by atoms with van der Waals surface area (Å²) < 4.78 is 10.9. The Kier molecular flexibility index (Phi) is 5.06. The molecule has 2 atom stereocenters. The molecule has 2 heterocycles. The Hall–Kier alpha value is -2.11. The number of Topliss-reactive ketones (excluding diaryl/α,β-unsaturated/α-hetero) is 1. The molecule has 1 saturated heterocycles. The second kappa shape index (κ2) is 7.49. The number of aromatic nitrogens is 1. The summed E-state index contributed by atoms with van der Waals surface area (Å²) in [6.07, 6.45) is 2.91. The van der Waals surface area contributed by atoms with Crippen LogP contribution >= 0.6 is 11.6 Å². The molecule has 1 fully saturated rings. The first-order valence-corrected chi connectivity index (χ1v) is 9.70. The maximum atomic E-state index is 12.8. The van der Waals surface area contributed by atoms with Crippen molar-refractivity contribution in [2.45, 2.75) is 44.6 Å². The van der Waals surface area contributed by atoms with Gasteiger partial charge in [-0.1, -0.05) is 29.8 Å². The Morgan fingerprint density at radius 1 is 1.33 bits per heavy atom. The van der Waals surface area contributed by atoms with Crippen molar-refractivity contribution < 1.29 is 19.1 Å². The van der Waals surface area contributed by atoms with Gasteiger partial charge in [0.2, 0.25) is 0 Å². The fourth-order valence-electron chi connectivity index (χ4n) is 4.08. The van der Waals surface area contributed by atoms with Crippen LogP contribution < -0.4 is 0 Å². The molecule has 0 bridgehead atoms. The van der Waals surface area contributed by atoms with Crippen molar-refractivity contribution in [3.8, 4) is 0 Å². The number of rotatable bonds is 4. The monoisotopic (exact) mass is 387 g/mol. The zero-order valence-electron chi connectivity index (χ0n) is 15.2. The molecule has 2 aliphatic rings. The Bertz CT molecular complexity index is 882. The fraction of sp³-hybridized carbons (Fsp3) is 0.429. The molecule has 0 amide bonds. The van der Waals surface area contributed by atoms with Crippen LogP contribution in [-0.4, -0.2) is 36.1 Å². The first-order chi connectivity index (χ1) is 13.0. The molecule has 0 spiro atoms. The number of fused-ring (bicyclic) bond motifs is 1. The van der Waals surface area contributed by atoms with Crippen molar-refractivity contribution in [1.29, 1.82) is 0 Å². The number of ether oxygens (including phenoxy) is 2. The summed E-state index contributed by atoms with van der Waals surface area (Å²) in [5, 5.41) is 0.665. The molecule has 0 saturated carbocycles. The van der Waals surface area contributed by atoms with Crippen LogP contribution in [0.2, 0.25) is 5.02 Å². The molecule has 5 nitrogen and oxygen atoms in total. The lowest BCUT2D eigenvalue weighted by atomic mass is 9.81. The van der Waals surface area contributed by atoms with Crippen LogP contribution in [0.5, 0.6) is 0 Å². The lowest BCUT2D eigenvalue weighted by Gasteiger charge is -2.22. The summed E-state index contributed by atoms with van der Waals surface area (Å²) in [7, 11) is 0. The maximum absolute atomic E-state index is 12.8. The third-order valence-corrected chi connectivity index (χ3v) is 5.81. The van der Waals surface area contributed by atoms with E-state index in [-0.39, 0.29) is 24.4 Å². The highest BCUT2D eigenvalue weighted by atomic mass is 35.5. The van der Waals surface area contributed by atoms with Gasteiger partial charge in [0.15, 0.2) is 5.78 Å². The van der Waals surface area contributed by atoms with Gasteiger partial charge in [-0.25, -0.2) is 4.79 Å². The molecule has 142 valence electrons. The van der Waals surface area contributed by atoms with Crippen molar-refractivity contribution in [3.05, 3.63) is 57.4 Å². The SMILES string of the molecule is Cc1c(C(=O)OC[C@H]2CCCO2)[nH]c2c1C(=O)C[C@H](c1ccccc1Cl)C2. The van der Waals surface area contributed by atoms with E-state index in [1.165, 1.54) is 0 Å². The molecule has 2 aromatic rings. The van der Waals surface area contributed by atoms with Crippen molar-refractivity contribution >= 4 is 23.4 Å². The average molecular weight is 388 g/mol. The van der Waals surface area contributed by atoms with Crippen LogP contribution in [0.4, 0.5) is 0 Å². The number of carbonyl (C=O) groups excluding carboxylic acids is 2. The summed E-state index contributed by atoms with van der Waals surface area (Å²) in [6.45, 7) is 2.76. The summed E-state index contributed by atoms with van der Waals surface area (Å²) >= 11 is 6.32. The average Bonchev–Trinajstić information content (AvgIpc) is 3.28. The normalized spacial score (nSPS) is 21.9. The van der Waals surface area contributed by atoms with E-state index in [2.05, 4.69) is 4.98 Å². The van der Waals surface area contributed by atoms with Crippen LogP contribution in [0, 0.1) is 6.92 Å². The summed E-state index contributed by atoms with van der Waals surface area (Å²) in [4.78, 5) is 28.4. The molecular weight excluding hydrogens is 366 g/mol. The number of halogens is 1. The molecule has 27 heavy (non-hydrogen) atoms. The molecule has 4 rings (SSSR count). The number of nitrogens with one attached hydrogen (secondary N) is 1. The van der Waals surface area contributed by atoms with Crippen LogP contribution in [0.1, 0.15) is 62.8 Å². The number of H-pyrrole nitrogens is 1. The zero-order valence-corrected chi connectivity index (χ0v) is 16.0. The van der Waals surface area contributed by atoms with Crippen molar-refractivity contribution in [2.75, 3.05) is 13.2 Å². The maximum Gasteiger partial charge on any atom is 0.355 e. The van der Waals surface area contributed by atoms with E-state index in [9.17, 15) is 9.59 Å². The van der Waals surface area contributed by atoms with Gasteiger partial charge in [-0.2, -0.15) is 0 Å². The number of benzene rings is 1. The predicted octanol–water partition coefficient (Wildman–Crippen LogP) is 4.23. The van der Waals surface area contributed by atoms with Gasteiger partial charge < -0.3 is 14.5 Å². The Morgan fingerprint density at radius 3 is 2.89 bits per heavy atom. The second-order valence-corrected chi connectivity index (χ2v) is 7.67. The largest absolute Gasteiger partial charge is 0.458 e. The summed E-state index contributed by atoms with van der Waals surface area (Å²) in [5.74, 6) is -0.389. The van der Waals surface area contributed by atoms with E-state index in [0.717, 1.165) is 30.7 Å². The third kappa shape index (κ3) is 3.54. The quantitative estimate of drug-likeness (QED) is 0.797. The molecule has 1 N–H and O–H groups in total.